The molecule has 0 saturated heterocycles. The molecule has 0 bridgehead atoms. The first-order valence-electron chi connectivity index (χ1n) is 12.0. The third kappa shape index (κ3) is 4.94. The Bertz CT molecular complexity index is 1410. The molecule has 0 spiro atoms. The number of nitrogens with one attached hydrogen (secondary N) is 1. The van der Waals surface area contributed by atoms with Crippen molar-refractivity contribution >= 4 is 28.6 Å². The van der Waals surface area contributed by atoms with Crippen LogP contribution in [0.5, 0.6) is 11.5 Å². The summed E-state index contributed by atoms with van der Waals surface area (Å²) in [4.78, 5) is 18.9. The second-order valence-electron chi connectivity index (χ2n) is 8.67. The molecule has 4 aromatic rings. The summed E-state index contributed by atoms with van der Waals surface area (Å²) in [7, 11) is 1.49. The molecule has 2 N–H and O–H groups in total. The lowest BCUT2D eigenvalue weighted by Crippen LogP contribution is -2.36. The summed E-state index contributed by atoms with van der Waals surface area (Å²) < 4.78 is 5.33. The number of rotatable bonds is 8. The predicted octanol–water partition coefficient (Wildman–Crippen LogP) is 6.26. The van der Waals surface area contributed by atoms with E-state index in [0.29, 0.717) is 29.4 Å². The molecule has 5 rings (SSSR count). The van der Waals surface area contributed by atoms with E-state index in [2.05, 4.69) is 10.5 Å². The van der Waals surface area contributed by atoms with Gasteiger partial charge in [-0.1, -0.05) is 59.8 Å². The number of nitrogens with zero attached hydrogens (tertiary/aromatic N) is 3. The van der Waals surface area contributed by atoms with Gasteiger partial charge in [0.1, 0.15) is 0 Å². The maximum absolute atomic E-state index is 11.3. The number of para-hydroxylation sites is 3. The van der Waals surface area contributed by atoms with Crippen LogP contribution in [0.3, 0.4) is 0 Å². The average Bonchev–Trinajstić information content (AvgIpc) is 3.36. The lowest BCUT2D eigenvalue weighted by molar-refractivity contribution is -0.384. The van der Waals surface area contributed by atoms with Crippen molar-refractivity contribution in [1.29, 1.82) is 0 Å². The minimum absolute atomic E-state index is 0.0104. The van der Waals surface area contributed by atoms with E-state index in [-0.39, 0.29) is 11.4 Å². The normalized spacial score (nSPS) is 16.3. The molecule has 9 nitrogen and oxygen atoms in total. The molecular weight excluding hydrogens is 484 g/mol. The zero-order valence-corrected chi connectivity index (χ0v) is 20.6. The molecular formula is C29H26N4O5. The highest BCUT2D eigenvalue weighted by molar-refractivity contribution is 6.06. The van der Waals surface area contributed by atoms with Gasteiger partial charge in [-0.15, -0.1) is 0 Å². The number of oxime groups is 1. The molecule has 38 heavy (non-hydrogen) atoms. The van der Waals surface area contributed by atoms with E-state index in [1.165, 1.54) is 19.2 Å². The Balaban J connectivity index is 1.56. The molecule has 0 aromatic heterocycles. The number of methoxy groups -OCH3 is 1. The van der Waals surface area contributed by atoms with Gasteiger partial charge in [0, 0.05) is 41.3 Å². The summed E-state index contributed by atoms with van der Waals surface area (Å²) in [5.41, 5.74) is 2.87. The summed E-state index contributed by atoms with van der Waals surface area (Å²) in [6, 6.07) is 31.2. The van der Waals surface area contributed by atoms with E-state index >= 15 is 0 Å². The van der Waals surface area contributed by atoms with Gasteiger partial charge in [-0.3, -0.25) is 15.0 Å². The summed E-state index contributed by atoms with van der Waals surface area (Å²) in [6.45, 7) is 0.317. The maximum Gasteiger partial charge on any atom is 0.271 e. The average molecular weight is 511 g/mol. The molecule has 9 heteroatoms. The Kier molecular flexibility index (Phi) is 7.08. The van der Waals surface area contributed by atoms with Crippen LogP contribution in [0.25, 0.3) is 0 Å². The third-order valence-electron chi connectivity index (χ3n) is 6.35. The van der Waals surface area contributed by atoms with E-state index in [4.69, 9.17) is 9.57 Å². The number of benzene rings is 4. The van der Waals surface area contributed by atoms with Crippen molar-refractivity contribution in [2.24, 2.45) is 11.1 Å². The van der Waals surface area contributed by atoms with E-state index in [1.54, 1.807) is 30.3 Å². The van der Waals surface area contributed by atoms with Crippen LogP contribution >= 0.6 is 0 Å². The van der Waals surface area contributed by atoms with Gasteiger partial charge in [-0.05, 0) is 36.4 Å². The van der Waals surface area contributed by atoms with E-state index in [9.17, 15) is 15.2 Å². The Morgan fingerprint density at radius 1 is 0.974 bits per heavy atom. The Morgan fingerprint density at radius 3 is 2.26 bits per heavy atom. The van der Waals surface area contributed by atoms with Crippen LogP contribution < -0.4 is 15.0 Å². The molecule has 0 radical (unpaired) electrons. The molecule has 0 saturated carbocycles. The maximum atomic E-state index is 11.3. The van der Waals surface area contributed by atoms with Crippen LogP contribution in [0.15, 0.2) is 108 Å². The fourth-order valence-corrected chi connectivity index (χ4v) is 4.52. The molecule has 4 aromatic carbocycles. The molecule has 0 aliphatic carbocycles. The van der Waals surface area contributed by atoms with Crippen molar-refractivity contribution in [3.05, 3.63) is 119 Å². The quantitative estimate of drug-likeness (QED) is 0.213. The van der Waals surface area contributed by atoms with E-state index in [1.807, 2.05) is 65.6 Å². The number of nitro groups is 1. The van der Waals surface area contributed by atoms with Gasteiger partial charge >= 0.3 is 0 Å². The van der Waals surface area contributed by atoms with Crippen molar-refractivity contribution in [3.63, 3.8) is 0 Å². The number of amidine groups is 1. The van der Waals surface area contributed by atoms with Crippen molar-refractivity contribution in [1.82, 2.24) is 0 Å². The number of ether oxygens (including phenoxy) is 1. The monoisotopic (exact) mass is 510 g/mol. The number of anilines is 3. The highest BCUT2D eigenvalue weighted by atomic mass is 16.6. The fraction of sp³-hybridized carbons (Fsp3) is 0.138. The number of phenolic OH excluding ortho intramolecular Hbond substituents is 1. The lowest BCUT2D eigenvalue weighted by atomic mass is 9.92. The Labute approximate surface area is 219 Å². The zero-order valence-electron chi connectivity index (χ0n) is 20.6. The van der Waals surface area contributed by atoms with Crippen molar-refractivity contribution in [3.8, 4) is 11.5 Å². The van der Waals surface area contributed by atoms with Crippen LogP contribution in [0.4, 0.5) is 22.7 Å². The van der Waals surface area contributed by atoms with Crippen LogP contribution in [0.2, 0.25) is 0 Å². The van der Waals surface area contributed by atoms with Crippen LogP contribution in [0, 0.1) is 16.0 Å². The van der Waals surface area contributed by atoms with Gasteiger partial charge in [-0.2, -0.15) is 0 Å². The predicted molar refractivity (Wildman–Crippen MR) is 146 cm³/mol. The Morgan fingerprint density at radius 2 is 1.63 bits per heavy atom. The second kappa shape index (κ2) is 10.9. The number of aromatic hydroxyl groups is 1. The number of phenols is 1. The van der Waals surface area contributed by atoms with Crippen molar-refractivity contribution in [2.75, 3.05) is 23.9 Å². The smallest absolute Gasteiger partial charge is 0.271 e. The summed E-state index contributed by atoms with van der Waals surface area (Å²) in [5, 5.41) is 30.1. The largest absolute Gasteiger partial charge is 0.504 e. The highest BCUT2D eigenvalue weighted by Gasteiger charge is 2.41. The topological polar surface area (TPSA) is 109 Å². The second-order valence-corrected chi connectivity index (χ2v) is 8.67. The molecule has 1 aliphatic rings. The van der Waals surface area contributed by atoms with Gasteiger partial charge in [0.25, 0.3) is 5.69 Å². The molecule has 0 fully saturated rings. The highest BCUT2D eigenvalue weighted by Crippen LogP contribution is 2.43. The van der Waals surface area contributed by atoms with Gasteiger partial charge in [0.2, 0.25) is 0 Å². The summed E-state index contributed by atoms with van der Waals surface area (Å²) >= 11 is 0. The first kappa shape index (κ1) is 24.6. The molecule has 2 unspecified atom stereocenters. The van der Waals surface area contributed by atoms with Gasteiger partial charge in [0.05, 0.1) is 18.0 Å². The lowest BCUT2D eigenvalue weighted by Gasteiger charge is -2.29. The minimum atomic E-state index is -0.652. The standard InChI is InChI=1S/C29H26N4O5/c1-37-26-17-9-16-24(27(26)34)28-25(19-30-20-10-8-15-23(18-20)33(35)36)29(31-38-28)32(21-11-4-2-5-12-21)22-13-6-3-7-14-22/h2-18,25,28,30,34H,19H2,1H3. The van der Waals surface area contributed by atoms with Crippen molar-refractivity contribution in [2.45, 2.75) is 6.10 Å². The first-order valence-corrected chi connectivity index (χ1v) is 12.0. The van der Waals surface area contributed by atoms with Gasteiger partial charge in [0.15, 0.2) is 23.4 Å². The van der Waals surface area contributed by atoms with Crippen LogP contribution in [0.1, 0.15) is 11.7 Å². The number of hydrogen-bond donors (Lipinski definition) is 2. The summed E-state index contributed by atoms with van der Waals surface area (Å²) in [5.74, 6) is 0.524. The number of hydrogen-bond acceptors (Lipinski definition) is 8. The minimum Gasteiger partial charge on any atom is -0.504 e. The molecule has 1 aliphatic heterocycles. The number of non-ortho nitro benzene ring substituents is 1. The SMILES string of the molecule is COc1cccc(C2ON=C(N(c3ccccc3)c3ccccc3)C2CNc2cccc([N+](=O)[O-])c2)c1O. The molecule has 2 atom stereocenters. The molecule has 1 heterocycles. The number of nitro benzene ring substituents is 1. The summed E-state index contributed by atoms with van der Waals surface area (Å²) in [6.07, 6.45) is -0.652. The van der Waals surface area contributed by atoms with Gasteiger partial charge in [-0.25, -0.2) is 0 Å². The fourth-order valence-electron chi connectivity index (χ4n) is 4.52. The van der Waals surface area contributed by atoms with E-state index < -0.39 is 16.9 Å². The van der Waals surface area contributed by atoms with Gasteiger partial charge < -0.3 is 20.0 Å². The molecule has 192 valence electrons. The Hall–Kier alpha value is -5.05. The van der Waals surface area contributed by atoms with Crippen LogP contribution in [-0.4, -0.2) is 29.5 Å². The van der Waals surface area contributed by atoms with E-state index in [0.717, 1.165) is 11.4 Å². The first-order chi connectivity index (χ1) is 18.6. The molecule has 0 amide bonds. The zero-order chi connectivity index (χ0) is 26.5. The van der Waals surface area contributed by atoms with Crippen molar-refractivity contribution < 1.29 is 19.6 Å². The van der Waals surface area contributed by atoms with Crippen LogP contribution in [-0.2, 0) is 4.84 Å². The third-order valence-corrected chi connectivity index (χ3v) is 6.35.